The molecule has 21 heavy (non-hydrogen) atoms. The largest absolute Gasteiger partial charge is 0.295 e. The van der Waals surface area contributed by atoms with E-state index in [1.54, 1.807) is 6.92 Å². The van der Waals surface area contributed by atoms with Gasteiger partial charge in [0.1, 0.15) is 0 Å². The number of benzene rings is 1. The summed E-state index contributed by atoms with van der Waals surface area (Å²) in [6.45, 7) is 11.8. The van der Waals surface area contributed by atoms with E-state index in [4.69, 9.17) is 7.85 Å². The van der Waals surface area contributed by atoms with Crippen molar-refractivity contribution in [1.29, 1.82) is 0 Å². The van der Waals surface area contributed by atoms with E-state index >= 15 is 0 Å². The van der Waals surface area contributed by atoms with Gasteiger partial charge in [-0.05, 0) is 26.3 Å². The zero-order chi connectivity index (χ0) is 16.7. The Morgan fingerprint density at radius 2 is 1.62 bits per heavy atom. The minimum absolute atomic E-state index is 0.141. The molecule has 0 N–H and O–H groups in total. The van der Waals surface area contributed by atoms with Crippen molar-refractivity contribution >= 4 is 13.6 Å². The van der Waals surface area contributed by atoms with Crippen molar-refractivity contribution in [3.8, 4) is 0 Å². The monoisotopic (exact) mass is 288 g/mol. The number of carbonyl (C=O) groups is 1. The second-order valence-corrected chi connectivity index (χ2v) is 5.08. The van der Waals surface area contributed by atoms with Crippen LogP contribution in [0.4, 0.5) is 0 Å². The Labute approximate surface area is 134 Å². The predicted octanol–water partition coefficient (Wildman–Crippen LogP) is 6.08. The van der Waals surface area contributed by atoms with E-state index in [1.807, 2.05) is 45.9 Å². The van der Waals surface area contributed by atoms with Crippen LogP contribution in [0.15, 0.2) is 18.2 Å². The van der Waals surface area contributed by atoms with E-state index in [0.717, 1.165) is 17.4 Å². The third-order valence-corrected chi connectivity index (χ3v) is 3.07. The second-order valence-electron chi connectivity index (χ2n) is 5.08. The van der Waals surface area contributed by atoms with Crippen molar-refractivity contribution in [2.75, 3.05) is 0 Å². The summed E-state index contributed by atoms with van der Waals surface area (Å²) in [6.07, 6.45) is 7.46. The molecule has 0 fully saturated rings. The van der Waals surface area contributed by atoms with Crippen molar-refractivity contribution in [2.24, 2.45) is 0 Å². The molecule has 1 aromatic rings. The highest BCUT2D eigenvalue weighted by atomic mass is 16.1. The predicted molar refractivity (Wildman–Crippen MR) is 96.6 cm³/mol. The van der Waals surface area contributed by atoms with E-state index in [1.165, 1.54) is 37.7 Å². The average Bonchev–Trinajstić information content (AvgIpc) is 2.46. The standard InChI is InChI=1S/C10H12O.C7H15B.C2H6/c1-7-4-5-10(9(3)11)8(2)6-7;1-2-3-4-5-6-7-8;1-2/h4-6H,1-3H3;2-7H2,1H3;1-2H3. The van der Waals surface area contributed by atoms with E-state index in [9.17, 15) is 4.79 Å². The fourth-order valence-corrected chi connectivity index (χ4v) is 1.96. The molecule has 0 bridgehead atoms. The van der Waals surface area contributed by atoms with Gasteiger partial charge in [0.05, 0.1) is 7.85 Å². The lowest BCUT2D eigenvalue weighted by Gasteiger charge is -2.01. The first-order chi connectivity index (χ1) is 10.0. The third kappa shape index (κ3) is 12.4. The van der Waals surface area contributed by atoms with E-state index in [-0.39, 0.29) is 5.78 Å². The first-order valence-electron chi connectivity index (χ1n) is 8.31. The quantitative estimate of drug-likeness (QED) is 0.352. The lowest BCUT2D eigenvalue weighted by molar-refractivity contribution is 0.101. The Balaban J connectivity index is 0. The lowest BCUT2D eigenvalue weighted by atomic mass is 9.99. The van der Waals surface area contributed by atoms with Crippen molar-refractivity contribution in [3.63, 3.8) is 0 Å². The van der Waals surface area contributed by atoms with Gasteiger partial charge in [0.15, 0.2) is 5.78 Å². The Bertz CT molecular complexity index is 366. The van der Waals surface area contributed by atoms with Gasteiger partial charge in [0, 0.05) is 5.56 Å². The summed E-state index contributed by atoms with van der Waals surface area (Å²) >= 11 is 0. The zero-order valence-electron chi connectivity index (χ0n) is 15.0. The smallest absolute Gasteiger partial charge is 0.160 e. The molecule has 0 amide bonds. The summed E-state index contributed by atoms with van der Waals surface area (Å²) in [7, 11) is 5.31. The molecule has 1 nitrogen and oxygen atoms in total. The molecule has 0 saturated carbocycles. The Morgan fingerprint density at radius 3 is 2.05 bits per heavy atom. The molecule has 0 atom stereocenters. The molecule has 0 aliphatic heterocycles. The first-order valence-corrected chi connectivity index (χ1v) is 8.31. The summed E-state index contributed by atoms with van der Waals surface area (Å²) in [5, 5.41) is 0. The molecule has 2 heteroatoms. The summed E-state index contributed by atoms with van der Waals surface area (Å²) < 4.78 is 0. The van der Waals surface area contributed by atoms with Gasteiger partial charge < -0.3 is 0 Å². The van der Waals surface area contributed by atoms with Crippen molar-refractivity contribution in [3.05, 3.63) is 34.9 Å². The van der Waals surface area contributed by atoms with Crippen LogP contribution in [-0.4, -0.2) is 13.6 Å². The molecule has 2 radical (unpaired) electrons. The van der Waals surface area contributed by atoms with Crippen molar-refractivity contribution in [1.82, 2.24) is 0 Å². The molecule has 0 aliphatic carbocycles. The van der Waals surface area contributed by atoms with Crippen LogP contribution in [-0.2, 0) is 0 Å². The minimum atomic E-state index is 0.141. The SMILES string of the molecule is CC.CC(=O)c1ccc(C)cc1C.[B]CCCCCCC. The highest BCUT2D eigenvalue weighted by Crippen LogP contribution is 2.10. The summed E-state index contributed by atoms with van der Waals surface area (Å²) in [4.78, 5) is 11.0. The maximum absolute atomic E-state index is 11.0. The van der Waals surface area contributed by atoms with Gasteiger partial charge in [-0.2, -0.15) is 0 Å². The molecule has 0 saturated heterocycles. The molecular weight excluding hydrogens is 255 g/mol. The van der Waals surface area contributed by atoms with Gasteiger partial charge in [-0.15, -0.1) is 0 Å². The van der Waals surface area contributed by atoms with Crippen LogP contribution in [0.25, 0.3) is 0 Å². The number of carbonyl (C=O) groups excluding carboxylic acids is 1. The van der Waals surface area contributed by atoms with Crippen LogP contribution in [0.2, 0.25) is 6.32 Å². The molecular formula is C19H33BO. The molecule has 118 valence electrons. The van der Waals surface area contributed by atoms with Gasteiger partial charge in [-0.3, -0.25) is 4.79 Å². The minimum Gasteiger partial charge on any atom is -0.295 e. The molecule has 0 aliphatic rings. The molecule has 1 aromatic carbocycles. The number of unbranched alkanes of at least 4 members (excludes halogenated alkanes) is 4. The normalized spacial score (nSPS) is 9.05. The van der Waals surface area contributed by atoms with E-state index in [2.05, 4.69) is 6.92 Å². The fourth-order valence-electron chi connectivity index (χ4n) is 1.96. The van der Waals surface area contributed by atoms with Gasteiger partial charge >= 0.3 is 0 Å². The van der Waals surface area contributed by atoms with Gasteiger partial charge in [-0.25, -0.2) is 0 Å². The highest BCUT2D eigenvalue weighted by Gasteiger charge is 2.01. The number of Topliss-reactive ketones (excluding diaryl/α,β-unsaturated/α-hetero) is 1. The number of hydrogen-bond donors (Lipinski definition) is 0. The summed E-state index contributed by atoms with van der Waals surface area (Å²) in [6, 6.07) is 5.87. The molecule has 0 spiro atoms. The van der Waals surface area contributed by atoms with Crippen LogP contribution in [0.3, 0.4) is 0 Å². The van der Waals surface area contributed by atoms with Crippen LogP contribution in [0.5, 0.6) is 0 Å². The molecule has 0 unspecified atom stereocenters. The van der Waals surface area contributed by atoms with Crippen LogP contribution < -0.4 is 0 Å². The second kappa shape index (κ2) is 15.3. The molecule has 0 heterocycles. The zero-order valence-corrected chi connectivity index (χ0v) is 15.0. The van der Waals surface area contributed by atoms with Crippen LogP contribution in [0, 0.1) is 13.8 Å². The van der Waals surface area contributed by atoms with Gasteiger partial charge in [0.2, 0.25) is 0 Å². The van der Waals surface area contributed by atoms with Gasteiger partial charge in [-0.1, -0.05) is 83.0 Å². The topological polar surface area (TPSA) is 17.1 Å². The Morgan fingerprint density at radius 1 is 1.05 bits per heavy atom. The van der Waals surface area contributed by atoms with E-state index < -0.39 is 0 Å². The van der Waals surface area contributed by atoms with Crippen LogP contribution in [0.1, 0.15) is 81.3 Å². The molecule has 0 aromatic heterocycles. The summed E-state index contributed by atoms with van der Waals surface area (Å²) in [5.41, 5.74) is 3.10. The van der Waals surface area contributed by atoms with Gasteiger partial charge in [0.25, 0.3) is 0 Å². The first kappa shape index (κ1) is 22.2. The fraction of sp³-hybridized carbons (Fsp3) is 0.632. The van der Waals surface area contributed by atoms with Crippen LogP contribution >= 0.6 is 0 Å². The number of hydrogen-bond acceptors (Lipinski definition) is 1. The van der Waals surface area contributed by atoms with Crippen molar-refractivity contribution < 1.29 is 4.79 Å². The number of ketones is 1. The lowest BCUT2D eigenvalue weighted by Crippen LogP contribution is -1.95. The number of aryl methyl sites for hydroxylation is 2. The average molecular weight is 288 g/mol. The van der Waals surface area contributed by atoms with E-state index in [0.29, 0.717) is 0 Å². The molecule has 1 rings (SSSR count). The Kier molecular flexibility index (Phi) is 16.3. The highest BCUT2D eigenvalue weighted by molar-refractivity contribution is 6.08. The Hall–Kier alpha value is -1.05. The number of rotatable bonds is 6. The third-order valence-electron chi connectivity index (χ3n) is 3.07. The maximum Gasteiger partial charge on any atom is 0.160 e. The van der Waals surface area contributed by atoms with Crippen molar-refractivity contribution in [2.45, 2.75) is 80.0 Å². The summed E-state index contributed by atoms with van der Waals surface area (Å²) in [5.74, 6) is 0.141. The maximum atomic E-state index is 11.0.